The molecule has 0 fully saturated rings. The summed E-state index contributed by atoms with van der Waals surface area (Å²) in [5.41, 5.74) is 1.53. The number of aliphatic hydroxyl groups excluding tert-OH is 1. The number of aliphatic hydroxyl groups is 1. The van der Waals surface area contributed by atoms with Crippen LogP contribution in [0.5, 0.6) is 17.4 Å². The minimum Gasteiger partial charge on any atom is -0.504 e. The maximum Gasteiger partial charge on any atom is 0.244 e. The summed E-state index contributed by atoms with van der Waals surface area (Å²) in [7, 11) is -2.57. The van der Waals surface area contributed by atoms with E-state index < -0.39 is 22.2 Å². The number of methoxy groups -OCH3 is 1. The fourth-order valence-electron chi connectivity index (χ4n) is 4.22. The van der Waals surface area contributed by atoms with E-state index in [1.54, 1.807) is 6.07 Å². The number of nitrogens with one attached hydrogen (secondary N) is 1. The Kier molecular flexibility index (Phi) is 10.9. The van der Waals surface area contributed by atoms with Gasteiger partial charge >= 0.3 is 0 Å². The van der Waals surface area contributed by atoms with E-state index in [1.807, 2.05) is 44.2 Å². The number of amides is 1. The minimum absolute atomic E-state index is 0.0260. The average Bonchev–Trinajstić information content (AvgIpc) is 2.93. The van der Waals surface area contributed by atoms with Crippen molar-refractivity contribution in [2.45, 2.75) is 50.2 Å². The molecule has 0 spiro atoms. The Labute approximate surface area is 235 Å². The Morgan fingerprint density at radius 1 is 1.00 bits per heavy atom. The van der Waals surface area contributed by atoms with Crippen molar-refractivity contribution in [3.8, 4) is 17.4 Å². The molecule has 216 valence electrons. The summed E-state index contributed by atoms with van der Waals surface area (Å²) in [6, 6.07) is 15.8. The van der Waals surface area contributed by atoms with Gasteiger partial charge in [0.05, 0.1) is 25.5 Å². The van der Waals surface area contributed by atoms with Crippen molar-refractivity contribution in [3.63, 3.8) is 0 Å². The van der Waals surface area contributed by atoms with Gasteiger partial charge in [-0.3, -0.25) is 4.79 Å². The summed E-state index contributed by atoms with van der Waals surface area (Å²) < 4.78 is 33.3. The quantitative estimate of drug-likeness (QED) is 0.216. The molecule has 0 aliphatic heterocycles. The lowest BCUT2D eigenvalue weighted by Crippen LogP contribution is -2.51. The van der Waals surface area contributed by atoms with Crippen molar-refractivity contribution in [1.29, 1.82) is 0 Å². The first kappa shape index (κ1) is 30.9. The van der Waals surface area contributed by atoms with Gasteiger partial charge < -0.3 is 25.4 Å². The van der Waals surface area contributed by atoms with Gasteiger partial charge in [0, 0.05) is 25.6 Å². The van der Waals surface area contributed by atoms with Gasteiger partial charge in [0.15, 0.2) is 11.5 Å². The van der Waals surface area contributed by atoms with Crippen molar-refractivity contribution >= 4 is 15.9 Å². The van der Waals surface area contributed by atoms with Crippen LogP contribution in [0.4, 0.5) is 0 Å². The highest BCUT2D eigenvalue weighted by molar-refractivity contribution is 7.89. The maximum atomic E-state index is 13.5. The normalized spacial score (nSPS) is 13.2. The molecule has 1 aromatic heterocycles. The first-order valence-electron chi connectivity index (χ1n) is 13.0. The van der Waals surface area contributed by atoms with Crippen molar-refractivity contribution in [1.82, 2.24) is 14.6 Å². The number of hydrogen-bond donors (Lipinski definition) is 4. The molecule has 4 N–H and O–H groups in total. The molecule has 3 rings (SSSR count). The monoisotopic (exact) mass is 571 g/mol. The predicted molar refractivity (Wildman–Crippen MR) is 151 cm³/mol. The number of aryl methyl sites for hydroxylation is 1. The zero-order valence-corrected chi connectivity index (χ0v) is 23.7. The van der Waals surface area contributed by atoms with E-state index in [0.717, 1.165) is 5.56 Å². The standard InChI is InChI=1S/C29H37N3O7S/c1-20(2)18-32(40(37,38)23-11-14-29(39-3)30-17-23)19-27(35)24(15-21-7-5-4-6-8-21)31-28(36)13-10-22-9-12-25(33)26(34)16-22/h4-9,11-12,14,16-17,20,24,27,33-35H,10,13,15,18-19H2,1-3H3,(H,31,36)/t24-,27+/m0/s1. The molecule has 0 unspecified atom stereocenters. The number of phenols is 2. The highest BCUT2D eigenvalue weighted by atomic mass is 32.2. The molecule has 0 radical (unpaired) electrons. The first-order chi connectivity index (χ1) is 19.0. The number of phenolic OH excluding ortho intramolecular Hbond substituents is 2. The first-order valence-corrected chi connectivity index (χ1v) is 14.5. The van der Waals surface area contributed by atoms with Gasteiger partial charge in [0.1, 0.15) is 4.90 Å². The molecule has 10 nitrogen and oxygen atoms in total. The smallest absolute Gasteiger partial charge is 0.244 e. The summed E-state index contributed by atoms with van der Waals surface area (Å²) in [5.74, 6) is -0.607. The van der Waals surface area contributed by atoms with Gasteiger partial charge in [-0.2, -0.15) is 4.31 Å². The van der Waals surface area contributed by atoms with Crippen LogP contribution in [0, 0.1) is 5.92 Å². The van der Waals surface area contributed by atoms with E-state index in [2.05, 4.69) is 10.3 Å². The van der Waals surface area contributed by atoms with Crippen LogP contribution in [0.1, 0.15) is 31.4 Å². The van der Waals surface area contributed by atoms with Crippen LogP contribution in [0.3, 0.4) is 0 Å². The van der Waals surface area contributed by atoms with Gasteiger partial charge in [-0.15, -0.1) is 0 Å². The maximum absolute atomic E-state index is 13.5. The van der Waals surface area contributed by atoms with Crippen molar-refractivity contribution in [2.24, 2.45) is 5.92 Å². The van der Waals surface area contributed by atoms with Crippen molar-refractivity contribution in [2.75, 3.05) is 20.2 Å². The average molecular weight is 572 g/mol. The van der Waals surface area contributed by atoms with Crippen LogP contribution in [0.2, 0.25) is 0 Å². The largest absolute Gasteiger partial charge is 0.504 e. The summed E-state index contributed by atoms with van der Waals surface area (Å²) in [5, 5.41) is 33.4. The molecular weight excluding hydrogens is 534 g/mol. The molecule has 2 aromatic carbocycles. The van der Waals surface area contributed by atoms with Gasteiger partial charge in [0.2, 0.25) is 21.8 Å². The highest BCUT2D eigenvalue weighted by Gasteiger charge is 2.31. The van der Waals surface area contributed by atoms with E-state index in [1.165, 1.54) is 41.9 Å². The fraction of sp³-hybridized carbons (Fsp3) is 0.379. The van der Waals surface area contributed by atoms with Gasteiger partial charge in [-0.1, -0.05) is 50.2 Å². The second-order valence-electron chi connectivity index (χ2n) is 10.0. The number of ether oxygens (including phenoxy) is 1. The Hall–Kier alpha value is -3.67. The molecule has 0 saturated heterocycles. The third-order valence-electron chi connectivity index (χ3n) is 6.31. The topological polar surface area (TPSA) is 149 Å². The fourth-order valence-corrected chi connectivity index (χ4v) is 5.78. The molecule has 2 atom stereocenters. The number of aromatic hydroxyl groups is 2. The molecule has 0 aliphatic rings. The van der Waals surface area contributed by atoms with E-state index in [-0.39, 0.29) is 60.0 Å². The third-order valence-corrected chi connectivity index (χ3v) is 8.12. The Morgan fingerprint density at radius 3 is 2.33 bits per heavy atom. The number of carbonyl (C=O) groups is 1. The summed E-state index contributed by atoms with van der Waals surface area (Å²) in [6.07, 6.45) is 0.646. The van der Waals surface area contributed by atoms with Gasteiger partial charge in [-0.05, 0) is 48.1 Å². The molecule has 1 amide bonds. The molecule has 1 heterocycles. The number of hydrogen-bond acceptors (Lipinski definition) is 8. The predicted octanol–water partition coefficient (Wildman–Crippen LogP) is 2.87. The molecule has 40 heavy (non-hydrogen) atoms. The SMILES string of the molecule is COc1ccc(S(=O)(=O)N(CC(C)C)C[C@@H](O)[C@H](Cc2ccccc2)NC(=O)CCc2ccc(O)c(O)c2)cn1. The zero-order valence-electron chi connectivity index (χ0n) is 22.9. The summed E-state index contributed by atoms with van der Waals surface area (Å²) in [6.45, 7) is 3.68. The Bertz CT molecular complexity index is 1350. The van der Waals surface area contributed by atoms with E-state index in [9.17, 15) is 28.5 Å². The number of pyridine rings is 1. The Balaban J connectivity index is 1.79. The van der Waals surface area contributed by atoms with Gasteiger partial charge in [0.25, 0.3) is 0 Å². The molecule has 0 bridgehead atoms. The van der Waals surface area contributed by atoms with Crippen molar-refractivity contribution in [3.05, 3.63) is 78.0 Å². The molecule has 0 saturated carbocycles. The molecule has 11 heteroatoms. The lowest BCUT2D eigenvalue weighted by Gasteiger charge is -2.30. The summed E-state index contributed by atoms with van der Waals surface area (Å²) >= 11 is 0. The Morgan fingerprint density at radius 2 is 1.73 bits per heavy atom. The number of carbonyl (C=O) groups excluding carboxylic acids is 1. The third kappa shape index (κ3) is 8.67. The second kappa shape index (κ2) is 14.1. The zero-order chi connectivity index (χ0) is 29.3. The van der Waals surface area contributed by atoms with E-state index >= 15 is 0 Å². The molecule has 0 aliphatic carbocycles. The summed E-state index contributed by atoms with van der Waals surface area (Å²) in [4.78, 5) is 16.9. The van der Waals surface area contributed by atoms with E-state index in [4.69, 9.17) is 4.74 Å². The van der Waals surface area contributed by atoms with Crippen LogP contribution in [0.25, 0.3) is 0 Å². The number of sulfonamides is 1. The number of benzene rings is 2. The van der Waals surface area contributed by atoms with Crippen LogP contribution < -0.4 is 10.1 Å². The lowest BCUT2D eigenvalue weighted by molar-refractivity contribution is -0.122. The van der Waals surface area contributed by atoms with E-state index in [0.29, 0.717) is 12.0 Å². The van der Waals surface area contributed by atoms with Crippen LogP contribution in [-0.4, -0.2) is 71.3 Å². The van der Waals surface area contributed by atoms with Gasteiger partial charge in [-0.25, -0.2) is 13.4 Å². The number of rotatable bonds is 14. The van der Waals surface area contributed by atoms with Crippen LogP contribution in [0.15, 0.2) is 71.8 Å². The number of aromatic nitrogens is 1. The highest BCUT2D eigenvalue weighted by Crippen LogP contribution is 2.25. The minimum atomic E-state index is -4.01. The molecule has 3 aromatic rings. The second-order valence-corrected chi connectivity index (χ2v) is 11.9. The molecular formula is C29H37N3O7S. The van der Waals surface area contributed by atoms with Crippen molar-refractivity contribution < 1.29 is 33.3 Å². The van der Waals surface area contributed by atoms with Crippen LogP contribution in [-0.2, 0) is 27.7 Å². The lowest BCUT2D eigenvalue weighted by atomic mass is 10.00. The number of nitrogens with zero attached hydrogens (tertiary/aromatic N) is 2. The van der Waals surface area contributed by atoms with Crippen LogP contribution >= 0.6 is 0 Å².